The maximum Gasteiger partial charge on any atom is 0.0616 e. The van der Waals surface area contributed by atoms with Gasteiger partial charge in [0.15, 0.2) is 0 Å². The highest BCUT2D eigenvalue weighted by atomic mass is 32.2. The second kappa shape index (κ2) is 5.29. The van der Waals surface area contributed by atoms with E-state index in [0.717, 1.165) is 19.5 Å². The monoisotopic (exact) mass is 252 g/mol. The predicted octanol–water partition coefficient (Wildman–Crippen LogP) is 2.00. The third-order valence-corrected chi connectivity index (χ3v) is 3.85. The number of hydrogen-bond donors (Lipinski definition) is 0. The van der Waals surface area contributed by atoms with Crippen molar-refractivity contribution in [2.45, 2.75) is 32.7 Å². The van der Waals surface area contributed by atoms with E-state index in [4.69, 9.17) is 0 Å². The second-order valence-corrected chi connectivity index (χ2v) is 5.78. The number of benzene rings is 1. The van der Waals surface area contributed by atoms with E-state index in [2.05, 4.69) is 32.0 Å². The minimum absolute atomic E-state index is 0.144. The maximum atomic E-state index is 10.7. The van der Waals surface area contributed by atoms with E-state index < -0.39 is 11.1 Å². The summed E-state index contributed by atoms with van der Waals surface area (Å²) in [5.74, 6) is 0.693. The summed E-state index contributed by atoms with van der Waals surface area (Å²) in [6, 6.07) is 6.57. The largest absolute Gasteiger partial charge is 0.771 e. The first kappa shape index (κ1) is 12.7. The molecule has 0 saturated heterocycles. The first-order valence-electron chi connectivity index (χ1n) is 5.96. The van der Waals surface area contributed by atoms with Crippen molar-refractivity contribution < 1.29 is 8.76 Å². The summed E-state index contributed by atoms with van der Waals surface area (Å²) in [6.45, 7) is 5.97. The third kappa shape index (κ3) is 3.15. The lowest BCUT2D eigenvalue weighted by molar-refractivity contribution is 0.290. The number of nitrogens with zero attached hydrogens (tertiary/aromatic N) is 1. The molecule has 1 aliphatic rings. The van der Waals surface area contributed by atoms with Crippen LogP contribution >= 0.6 is 0 Å². The van der Waals surface area contributed by atoms with Gasteiger partial charge in [0.25, 0.3) is 0 Å². The van der Waals surface area contributed by atoms with Gasteiger partial charge in [-0.05, 0) is 40.1 Å². The first-order valence-corrected chi connectivity index (χ1v) is 7.20. The van der Waals surface area contributed by atoms with Crippen LogP contribution in [0.1, 0.15) is 36.5 Å². The van der Waals surface area contributed by atoms with Crippen LogP contribution in [0.25, 0.3) is 0 Å². The van der Waals surface area contributed by atoms with Gasteiger partial charge in [-0.2, -0.15) is 0 Å². The minimum Gasteiger partial charge on any atom is -0.771 e. The Morgan fingerprint density at radius 1 is 1.41 bits per heavy atom. The van der Waals surface area contributed by atoms with E-state index in [-0.39, 0.29) is 5.88 Å². The molecule has 0 fully saturated rings. The molecule has 2 rings (SSSR count). The summed E-state index contributed by atoms with van der Waals surface area (Å²) < 4.78 is 21.4. The molecule has 0 bridgehead atoms. The van der Waals surface area contributed by atoms with Gasteiger partial charge in [-0.15, -0.1) is 0 Å². The maximum absolute atomic E-state index is 10.7. The van der Waals surface area contributed by atoms with Crippen LogP contribution in [0.2, 0.25) is 0 Å². The molecule has 17 heavy (non-hydrogen) atoms. The van der Waals surface area contributed by atoms with Crippen LogP contribution < -0.4 is 0 Å². The van der Waals surface area contributed by atoms with Crippen molar-refractivity contribution in [2.75, 3.05) is 12.4 Å². The molecule has 0 N–H and O–H groups in total. The highest BCUT2D eigenvalue weighted by Crippen LogP contribution is 2.23. The summed E-state index contributed by atoms with van der Waals surface area (Å²) in [5.41, 5.74) is 4.01. The lowest BCUT2D eigenvalue weighted by Gasteiger charge is -2.29. The zero-order chi connectivity index (χ0) is 12.4. The van der Waals surface area contributed by atoms with Gasteiger partial charge < -0.3 is 4.55 Å². The Morgan fingerprint density at radius 2 is 2.18 bits per heavy atom. The zero-order valence-corrected chi connectivity index (χ0v) is 11.1. The molecule has 0 radical (unpaired) electrons. The Labute approximate surface area is 105 Å². The summed E-state index contributed by atoms with van der Waals surface area (Å²) in [6.07, 6.45) is 0.951. The third-order valence-electron chi connectivity index (χ3n) is 3.28. The van der Waals surface area contributed by atoms with Gasteiger partial charge in [-0.25, -0.2) is 0 Å². The van der Waals surface area contributed by atoms with E-state index in [1.807, 2.05) is 4.90 Å². The molecular formula is C13H18NO2S-. The number of rotatable bonds is 3. The molecule has 0 aromatic heterocycles. The zero-order valence-electron chi connectivity index (χ0n) is 10.3. The number of fused-ring (bicyclic) bond motifs is 1. The lowest BCUT2D eigenvalue weighted by atomic mass is 9.93. The first-order chi connectivity index (χ1) is 8.06. The molecule has 3 nitrogen and oxygen atoms in total. The standard InChI is InChI=1S/C13H19NO2S/c1-10(2)11-3-4-13-8-14(9-17(15)16)6-5-12(13)7-11/h3-4,7,10H,5-6,8-9H2,1-2H3,(H,15,16)/p-1. The van der Waals surface area contributed by atoms with Crippen LogP contribution in [-0.2, 0) is 24.0 Å². The van der Waals surface area contributed by atoms with Crippen molar-refractivity contribution in [3.63, 3.8) is 0 Å². The molecule has 1 heterocycles. The Bertz CT molecular complexity index is 431. The normalized spacial score (nSPS) is 18.1. The Morgan fingerprint density at radius 3 is 2.82 bits per heavy atom. The summed E-state index contributed by atoms with van der Waals surface area (Å²) in [7, 11) is 0. The Hall–Kier alpha value is -0.710. The molecule has 0 aliphatic carbocycles. The van der Waals surface area contributed by atoms with Crippen molar-refractivity contribution in [1.82, 2.24) is 4.90 Å². The van der Waals surface area contributed by atoms with Crippen LogP contribution in [0, 0.1) is 0 Å². The van der Waals surface area contributed by atoms with Gasteiger partial charge in [0.1, 0.15) is 0 Å². The van der Waals surface area contributed by atoms with Crippen LogP contribution in [0.5, 0.6) is 0 Å². The van der Waals surface area contributed by atoms with Crippen molar-refractivity contribution >= 4 is 11.1 Å². The van der Waals surface area contributed by atoms with Gasteiger partial charge >= 0.3 is 0 Å². The van der Waals surface area contributed by atoms with Crippen LogP contribution in [0.4, 0.5) is 0 Å². The second-order valence-electron chi connectivity index (χ2n) is 4.92. The predicted molar refractivity (Wildman–Crippen MR) is 68.4 cm³/mol. The van der Waals surface area contributed by atoms with Crippen molar-refractivity contribution in [2.24, 2.45) is 0 Å². The topological polar surface area (TPSA) is 43.4 Å². The fourth-order valence-electron chi connectivity index (χ4n) is 2.25. The number of hydrogen-bond acceptors (Lipinski definition) is 3. The molecule has 1 aromatic carbocycles. The summed E-state index contributed by atoms with van der Waals surface area (Å²) in [5, 5.41) is 0. The minimum atomic E-state index is -1.98. The van der Waals surface area contributed by atoms with Crippen LogP contribution in [0.15, 0.2) is 18.2 Å². The smallest absolute Gasteiger partial charge is 0.0616 e. The molecule has 4 heteroatoms. The van der Waals surface area contributed by atoms with Gasteiger partial charge in [0.05, 0.1) is 5.88 Å². The van der Waals surface area contributed by atoms with Crippen LogP contribution in [0.3, 0.4) is 0 Å². The van der Waals surface area contributed by atoms with E-state index >= 15 is 0 Å². The molecule has 1 aliphatic heterocycles. The SMILES string of the molecule is CC(C)c1ccc2c(c1)CCN(CS(=O)[O-])C2. The van der Waals surface area contributed by atoms with E-state index in [1.54, 1.807) is 0 Å². The van der Waals surface area contributed by atoms with E-state index in [9.17, 15) is 8.76 Å². The van der Waals surface area contributed by atoms with Gasteiger partial charge in [0.2, 0.25) is 0 Å². The molecule has 0 saturated carbocycles. The highest BCUT2D eigenvalue weighted by Gasteiger charge is 2.16. The molecular weight excluding hydrogens is 234 g/mol. The molecule has 1 aromatic rings. The van der Waals surface area contributed by atoms with E-state index in [1.165, 1.54) is 16.7 Å². The van der Waals surface area contributed by atoms with Crippen molar-refractivity contribution in [3.05, 3.63) is 34.9 Å². The van der Waals surface area contributed by atoms with Gasteiger partial charge in [-0.1, -0.05) is 32.0 Å². The average molecular weight is 252 g/mol. The van der Waals surface area contributed by atoms with Crippen molar-refractivity contribution in [3.8, 4) is 0 Å². The Balaban J connectivity index is 2.14. The quantitative estimate of drug-likeness (QED) is 0.773. The van der Waals surface area contributed by atoms with Crippen molar-refractivity contribution in [1.29, 1.82) is 0 Å². The fraction of sp³-hybridized carbons (Fsp3) is 0.538. The molecule has 1 unspecified atom stereocenters. The van der Waals surface area contributed by atoms with Gasteiger partial charge in [0, 0.05) is 13.1 Å². The highest BCUT2D eigenvalue weighted by molar-refractivity contribution is 7.79. The summed E-state index contributed by atoms with van der Waals surface area (Å²) in [4.78, 5) is 1.97. The fourth-order valence-corrected chi connectivity index (χ4v) is 2.77. The lowest BCUT2D eigenvalue weighted by Crippen LogP contribution is -2.33. The molecule has 0 spiro atoms. The molecule has 1 atom stereocenters. The molecule has 94 valence electrons. The average Bonchev–Trinajstić information content (AvgIpc) is 2.27. The van der Waals surface area contributed by atoms with Crippen LogP contribution in [-0.4, -0.2) is 26.1 Å². The Kier molecular flexibility index (Phi) is 3.97. The summed E-state index contributed by atoms with van der Waals surface area (Å²) >= 11 is -1.98. The van der Waals surface area contributed by atoms with E-state index in [0.29, 0.717) is 5.92 Å². The van der Waals surface area contributed by atoms with Gasteiger partial charge in [-0.3, -0.25) is 9.11 Å². The molecule has 0 amide bonds.